The molecule has 2 rings (SSSR count). The molecule has 30 heavy (non-hydrogen) atoms. The zero-order valence-corrected chi connectivity index (χ0v) is 18.8. The number of aliphatic imine (C=N–C) groups is 1. The highest BCUT2D eigenvalue weighted by Crippen LogP contribution is 2.29. The molecule has 0 saturated carbocycles. The summed E-state index contributed by atoms with van der Waals surface area (Å²) in [6, 6.07) is 6.09. The number of hydrogen-bond acceptors (Lipinski definition) is 6. The number of halogens is 4. The molecule has 0 radical (unpaired) electrons. The first-order valence-electron chi connectivity index (χ1n) is 8.94. The molecule has 2 aromatic rings. The van der Waals surface area contributed by atoms with Crippen LogP contribution in [-0.4, -0.2) is 42.2 Å². The van der Waals surface area contributed by atoms with E-state index < -0.39 is 11.9 Å². The molecular formula is C18H24F3IN6O2. The van der Waals surface area contributed by atoms with Crippen molar-refractivity contribution in [2.45, 2.75) is 20.0 Å². The van der Waals surface area contributed by atoms with E-state index in [4.69, 9.17) is 15.2 Å². The molecule has 12 heteroatoms. The van der Waals surface area contributed by atoms with E-state index in [9.17, 15) is 13.2 Å². The van der Waals surface area contributed by atoms with Gasteiger partial charge in [-0.1, -0.05) is 0 Å². The topological polar surface area (TPSA) is 107 Å². The standard InChI is InChI=1S/C18H23F3N6O2.HI/c1-3-28-12-5-6-14(29-4-2)13(11-12)26-16(22)23-9-10-25-17-24-8-7-15(27-17)18(19,20)21;/h5-8,11H,3-4,9-10H2,1-2H3,(H3,22,23,26)(H,24,25,27);1H. The van der Waals surface area contributed by atoms with Gasteiger partial charge < -0.3 is 25.8 Å². The van der Waals surface area contributed by atoms with E-state index in [0.29, 0.717) is 30.4 Å². The number of anilines is 2. The van der Waals surface area contributed by atoms with Crippen LogP contribution in [0.15, 0.2) is 35.5 Å². The van der Waals surface area contributed by atoms with Crippen LogP contribution in [0.5, 0.6) is 11.5 Å². The molecule has 0 amide bonds. The smallest absolute Gasteiger partial charge is 0.433 e. The first kappa shape index (κ1) is 25.5. The fourth-order valence-corrected chi connectivity index (χ4v) is 2.27. The molecule has 0 bridgehead atoms. The van der Waals surface area contributed by atoms with Crippen LogP contribution in [0.1, 0.15) is 19.5 Å². The van der Waals surface area contributed by atoms with Gasteiger partial charge in [0, 0.05) is 18.8 Å². The van der Waals surface area contributed by atoms with Gasteiger partial charge in [-0.05, 0) is 32.0 Å². The van der Waals surface area contributed by atoms with Gasteiger partial charge in [0.2, 0.25) is 5.95 Å². The van der Waals surface area contributed by atoms with Crippen LogP contribution in [0.4, 0.5) is 24.8 Å². The van der Waals surface area contributed by atoms with Crippen molar-refractivity contribution in [1.29, 1.82) is 0 Å². The van der Waals surface area contributed by atoms with Gasteiger partial charge in [-0.3, -0.25) is 4.99 Å². The maximum absolute atomic E-state index is 12.6. The largest absolute Gasteiger partial charge is 0.494 e. The molecule has 1 heterocycles. The van der Waals surface area contributed by atoms with E-state index in [0.717, 1.165) is 12.3 Å². The van der Waals surface area contributed by atoms with Crippen LogP contribution in [0, 0.1) is 0 Å². The SMILES string of the molecule is CCOc1ccc(OCC)c(NC(N)=NCCNc2nccc(C(F)(F)F)n2)c1.I. The fraction of sp³-hybridized carbons (Fsp3) is 0.389. The number of alkyl halides is 3. The van der Waals surface area contributed by atoms with E-state index in [1.165, 1.54) is 0 Å². The second-order valence-corrected chi connectivity index (χ2v) is 5.61. The van der Waals surface area contributed by atoms with Crippen molar-refractivity contribution in [3.05, 3.63) is 36.2 Å². The highest BCUT2D eigenvalue weighted by atomic mass is 127. The Morgan fingerprint density at radius 1 is 1.17 bits per heavy atom. The Morgan fingerprint density at radius 3 is 2.57 bits per heavy atom. The molecule has 1 aromatic carbocycles. The third-order valence-corrected chi connectivity index (χ3v) is 3.45. The minimum absolute atomic E-state index is 0. The highest BCUT2D eigenvalue weighted by molar-refractivity contribution is 14.0. The summed E-state index contributed by atoms with van der Waals surface area (Å²) in [5.74, 6) is 1.22. The Balaban J connectivity index is 0.00000450. The van der Waals surface area contributed by atoms with Crippen LogP contribution >= 0.6 is 24.0 Å². The zero-order chi connectivity index (χ0) is 21.3. The molecule has 0 fully saturated rings. The van der Waals surface area contributed by atoms with Gasteiger partial charge in [0.1, 0.15) is 17.2 Å². The van der Waals surface area contributed by atoms with Crippen molar-refractivity contribution in [3.8, 4) is 11.5 Å². The monoisotopic (exact) mass is 540 g/mol. The maximum Gasteiger partial charge on any atom is 0.433 e. The van der Waals surface area contributed by atoms with Gasteiger partial charge in [-0.2, -0.15) is 13.2 Å². The minimum atomic E-state index is -4.53. The van der Waals surface area contributed by atoms with Gasteiger partial charge >= 0.3 is 6.18 Å². The molecule has 0 unspecified atom stereocenters. The lowest BCUT2D eigenvalue weighted by atomic mass is 10.2. The number of ether oxygens (including phenoxy) is 2. The van der Waals surface area contributed by atoms with Gasteiger partial charge in [0.25, 0.3) is 0 Å². The third kappa shape index (κ3) is 8.08. The second-order valence-electron chi connectivity index (χ2n) is 5.61. The van der Waals surface area contributed by atoms with Crippen LogP contribution in [0.25, 0.3) is 0 Å². The minimum Gasteiger partial charge on any atom is -0.494 e. The Morgan fingerprint density at radius 2 is 1.90 bits per heavy atom. The summed E-state index contributed by atoms with van der Waals surface area (Å²) in [5.41, 5.74) is 5.46. The molecule has 0 aliphatic rings. The van der Waals surface area contributed by atoms with Gasteiger partial charge in [-0.15, -0.1) is 24.0 Å². The van der Waals surface area contributed by atoms with Crippen molar-refractivity contribution < 1.29 is 22.6 Å². The average Bonchev–Trinajstić information content (AvgIpc) is 2.67. The van der Waals surface area contributed by atoms with Crippen LogP contribution in [-0.2, 0) is 6.18 Å². The molecule has 4 N–H and O–H groups in total. The number of nitrogens with two attached hydrogens (primary N) is 1. The summed E-state index contributed by atoms with van der Waals surface area (Å²) < 4.78 is 49.0. The number of hydrogen-bond donors (Lipinski definition) is 3. The first-order chi connectivity index (χ1) is 13.8. The summed E-state index contributed by atoms with van der Waals surface area (Å²) in [6.07, 6.45) is -3.49. The lowest BCUT2D eigenvalue weighted by molar-refractivity contribution is -0.141. The van der Waals surface area contributed by atoms with Crippen LogP contribution in [0.3, 0.4) is 0 Å². The summed E-state index contributed by atoms with van der Waals surface area (Å²) in [6.45, 7) is 5.11. The lowest BCUT2D eigenvalue weighted by Crippen LogP contribution is -2.24. The van der Waals surface area contributed by atoms with Crippen molar-refractivity contribution in [3.63, 3.8) is 0 Å². The number of rotatable bonds is 9. The molecule has 1 aromatic heterocycles. The maximum atomic E-state index is 12.6. The summed E-state index contributed by atoms with van der Waals surface area (Å²) in [7, 11) is 0. The molecule has 0 spiro atoms. The van der Waals surface area contributed by atoms with E-state index in [2.05, 4.69) is 25.6 Å². The first-order valence-corrected chi connectivity index (χ1v) is 8.94. The Kier molecular flexibility index (Phi) is 10.4. The van der Waals surface area contributed by atoms with Crippen molar-refractivity contribution in [1.82, 2.24) is 9.97 Å². The average molecular weight is 540 g/mol. The van der Waals surface area contributed by atoms with E-state index in [1.54, 1.807) is 18.2 Å². The van der Waals surface area contributed by atoms with E-state index in [1.807, 2.05) is 13.8 Å². The molecule has 0 aliphatic carbocycles. The molecule has 8 nitrogen and oxygen atoms in total. The quantitative estimate of drug-likeness (QED) is 0.193. The normalized spacial score (nSPS) is 11.4. The van der Waals surface area contributed by atoms with E-state index in [-0.39, 0.29) is 49.0 Å². The summed E-state index contributed by atoms with van der Waals surface area (Å²) in [5, 5.41) is 5.61. The van der Waals surface area contributed by atoms with Crippen molar-refractivity contribution in [2.24, 2.45) is 10.7 Å². The second kappa shape index (κ2) is 12.2. The van der Waals surface area contributed by atoms with E-state index >= 15 is 0 Å². The number of benzene rings is 1. The lowest BCUT2D eigenvalue weighted by Gasteiger charge is -2.14. The number of nitrogens with one attached hydrogen (secondary N) is 2. The summed E-state index contributed by atoms with van der Waals surface area (Å²) >= 11 is 0. The van der Waals surface area contributed by atoms with Crippen molar-refractivity contribution >= 4 is 41.6 Å². The Labute approximate surface area is 189 Å². The molecule has 0 atom stereocenters. The van der Waals surface area contributed by atoms with Gasteiger partial charge in [-0.25, -0.2) is 9.97 Å². The Bertz CT molecular complexity index is 836. The number of aromatic nitrogens is 2. The molecule has 0 aliphatic heterocycles. The highest BCUT2D eigenvalue weighted by Gasteiger charge is 2.32. The Hall–Kier alpha value is -2.51. The number of nitrogens with zero attached hydrogens (tertiary/aromatic N) is 3. The van der Waals surface area contributed by atoms with Gasteiger partial charge in [0.15, 0.2) is 5.96 Å². The molecular weight excluding hydrogens is 516 g/mol. The fourth-order valence-electron chi connectivity index (χ4n) is 2.27. The van der Waals surface area contributed by atoms with Gasteiger partial charge in [0.05, 0.1) is 25.4 Å². The van der Waals surface area contributed by atoms with Crippen LogP contribution < -0.4 is 25.8 Å². The third-order valence-electron chi connectivity index (χ3n) is 3.45. The zero-order valence-electron chi connectivity index (χ0n) is 16.5. The summed E-state index contributed by atoms with van der Waals surface area (Å²) in [4.78, 5) is 11.3. The molecule has 166 valence electrons. The van der Waals surface area contributed by atoms with Crippen molar-refractivity contribution in [2.75, 3.05) is 36.9 Å². The predicted molar refractivity (Wildman–Crippen MR) is 120 cm³/mol. The number of guanidine groups is 1. The van der Waals surface area contributed by atoms with Crippen LogP contribution in [0.2, 0.25) is 0 Å². The predicted octanol–water partition coefficient (Wildman–Crippen LogP) is 3.75. The molecule has 0 saturated heterocycles.